The number of hydrogen-bond donors (Lipinski definition) is 2. The van der Waals surface area contributed by atoms with E-state index in [1.54, 1.807) is 23.5 Å². The highest BCUT2D eigenvalue weighted by atomic mass is 79.9. The maximum absolute atomic E-state index is 12.2. The lowest BCUT2D eigenvalue weighted by atomic mass is 10.1. The van der Waals surface area contributed by atoms with Gasteiger partial charge in [-0.15, -0.1) is 11.3 Å². The molecule has 0 saturated carbocycles. The van der Waals surface area contributed by atoms with E-state index in [1.165, 1.54) is 0 Å². The van der Waals surface area contributed by atoms with Gasteiger partial charge in [0, 0.05) is 14.7 Å². The summed E-state index contributed by atoms with van der Waals surface area (Å²) in [6.07, 6.45) is 0. The van der Waals surface area contributed by atoms with Crippen molar-refractivity contribution in [2.24, 2.45) is 0 Å². The number of phenols is 1. The quantitative estimate of drug-likeness (QED) is 0.730. The van der Waals surface area contributed by atoms with Crippen LogP contribution in [-0.2, 0) is 6.54 Å². The highest BCUT2D eigenvalue weighted by Crippen LogP contribution is 2.25. The number of hydrogen-bond acceptors (Lipinski definition) is 3. The number of thiophene rings is 1. The Morgan fingerprint density at radius 3 is 2.57 bits per heavy atom. The van der Waals surface area contributed by atoms with Crippen molar-refractivity contribution in [2.45, 2.75) is 6.54 Å². The van der Waals surface area contributed by atoms with Gasteiger partial charge in [0.15, 0.2) is 0 Å². The molecule has 2 aromatic carbocycles. The van der Waals surface area contributed by atoms with Gasteiger partial charge in [0.2, 0.25) is 0 Å². The van der Waals surface area contributed by atoms with Crippen LogP contribution in [0.25, 0.3) is 10.8 Å². The average molecular weight is 362 g/mol. The van der Waals surface area contributed by atoms with Crippen molar-refractivity contribution in [1.29, 1.82) is 0 Å². The van der Waals surface area contributed by atoms with Crippen molar-refractivity contribution in [3.8, 4) is 5.75 Å². The molecule has 0 spiro atoms. The second-order valence-corrected chi connectivity index (χ2v) is 6.54. The van der Waals surface area contributed by atoms with Crippen LogP contribution in [0.5, 0.6) is 5.75 Å². The number of benzene rings is 2. The Morgan fingerprint density at radius 2 is 1.90 bits per heavy atom. The summed E-state index contributed by atoms with van der Waals surface area (Å²) in [4.78, 5) is 13.3. The van der Waals surface area contributed by atoms with Crippen LogP contribution < -0.4 is 5.32 Å². The van der Waals surface area contributed by atoms with Crippen LogP contribution in [0.4, 0.5) is 0 Å². The molecule has 21 heavy (non-hydrogen) atoms. The first-order valence-corrected chi connectivity index (χ1v) is 8.03. The van der Waals surface area contributed by atoms with E-state index >= 15 is 0 Å². The number of amides is 1. The summed E-state index contributed by atoms with van der Waals surface area (Å²) in [5.41, 5.74) is 0.296. The van der Waals surface area contributed by atoms with Gasteiger partial charge < -0.3 is 10.4 Å². The molecule has 2 N–H and O–H groups in total. The minimum absolute atomic E-state index is 0.00133. The number of phenolic OH excluding ortho intramolecular Hbond substituents is 1. The molecule has 0 aliphatic heterocycles. The van der Waals surface area contributed by atoms with Gasteiger partial charge in [0.25, 0.3) is 5.91 Å². The molecule has 1 amide bonds. The predicted molar refractivity (Wildman–Crippen MR) is 88.8 cm³/mol. The lowest BCUT2D eigenvalue weighted by Gasteiger charge is -2.07. The van der Waals surface area contributed by atoms with Gasteiger partial charge in [-0.25, -0.2) is 0 Å². The lowest BCUT2D eigenvalue weighted by Crippen LogP contribution is -2.22. The summed E-state index contributed by atoms with van der Waals surface area (Å²) in [5, 5.41) is 16.6. The van der Waals surface area contributed by atoms with Crippen LogP contribution in [0, 0.1) is 0 Å². The van der Waals surface area contributed by atoms with Crippen molar-refractivity contribution in [3.05, 3.63) is 62.8 Å². The molecule has 0 bridgehead atoms. The number of fused-ring (bicyclic) bond motifs is 1. The second kappa shape index (κ2) is 5.87. The first kappa shape index (κ1) is 14.1. The number of carbonyl (C=O) groups is 1. The monoisotopic (exact) mass is 361 g/mol. The Balaban J connectivity index is 1.82. The number of carbonyl (C=O) groups excluding carboxylic acids is 1. The molecule has 5 heteroatoms. The molecule has 0 saturated heterocycles. The summed E-state index contributed by atoms with van der Waals surface area (Å²) >= 11 is 4.95. The van der Waals surface area contributed by atoms with E-state index in [2.05, 4.69) is 21.2 Å². The number of rotatable bonds is 3. The van der Waals surface area contributed by atoms with E-state index in [0.29, 0.717) is 12.1 Å². The normalized spacial score (nSPS) is 10.7. The Bertz CT molecular complexity index is 813. The fraction of sp³-hybridized carbons (Fsp3) is 0.0625. The summed E-state index contributed by atoms with van der Waals surface area (Å²) in [7, 11) is 0. The molecular formula is C16H12BrNO2S. The topological polar surface area (TPSA) is 49.3 Å². The van der Waals surface area contributed by atoms with E-state index in [-0.39, 0.29) is 11.7 Å². The van der Waals surface area contributed by atoms with Gasteiger partial charge >= 0.3 is 0 Å². The molecule has 0 aliphatic rings. The Kier molecular flexibility index (Phi) is 3.94. The SMILES string of the molecule is O=C(NCc1cc(Br)cs1)c1cc2ccccc2cc1O. The molecule has 0 fully saturated rings. The van der Waals surface area contributed by atoms with Crippen molar-refractivity contribution < 1.29 is 9.90 Å². The first-order valence-electron chi connectivity index (χ1n) is 6.36. The van der Waals surface area contributed by atoms with Gasteiger partial charge in [-0.1, -0.05) is 24.3 Å². The largest absolute Gasteiger partial charge is 0.507 e. The van der Waals surface area contributed by atoms with Gasteiger partial charge in [0.1, 0.15) is 5.75 Å². The van der Waals surface area contributed by atoms with E-state index in [0.717, 1.165) is 20.1 Å². The smallest absolute Gasteiger partial charge is 0.255 e. The summed E-state index contributed by atoms with van der Waals surface area (Å²) in [6.45, 7) is 0.446. The molecule has 0 aliphatic carbocycles. The number of aromatic hydroxyl groups is 1. The minimum atomic E-state index is -0.275. The zero-order valence-corrected chi connectivity index (χ0v) is 13.4. The molecule has 1 heterocycles. The molecule has 1 aromatic heterocycles. The van der Waals surface area contributed by atoms with E-state index < -0.39 is 0 Å². The van der Waals surface area contributed by atoms with E-state index in [1.807, 2.05) is 35.7 Å². The molecule has 0 unspecified atom stereocenters. The van der Waals surface area contributed by atoms with Crippen LogP contribution >= 0.6 is 27.3 Å². The zero-order valence-electron chi connectivity index (χ0n) is 11.0. The third-order valence-corrected chi connectivity index (χ3v) is 4.85. The average Bonchev–Trinajstić information content (AvgIpc) is 2.89. The summed E-state index contributed by atoms with van der Waals surface area (Å²) in [5.74, 6) is -0.277. The molecule has 3 nitrogen and oxygen atoms in total. The van der Waals surface area contributed by atoms with Crippen LogP contribution in [0.2, 0.25) is 0 Å². The Labute approximate surface area is 134 Å². The zero-order chi connectivity index (χ0) is 14.8. The Hall–Kier alpha value is -1.85. The predicted octanol–water partition coefficient (Wildman–Crippen LogP) is 4.30. The van der Waals surface area contributed by atoms with Gasteiger partial charge in [-0.3, -0.25) is 4.79 Å². The molecule has 0 radical (unpaired) electrons. The molecule has 3 aromatic rings. The Morgan fingerprint density at radius 1 is 1.19 bits per heavy atom. The molecular weight excluding hydrogens is 350 g/mol. The second-order valence-electron chi connectivity index (χ2n) is 4.63. The van der Waals surface area contributed by atoms with Crippen LogP contribution in [0.1, 0.15) is 15.2 Å². The van der Waals surface area contributed by atoms with E-state index in [9.17, 15) is 9.90 Å². The van der Waals surface area contributed by atoms with Crippen molar-refractivity contribution >= 4 is 43.9 Å². The highest BCUT2D eigenvalue weighted by Gasteiger charge is 2.12. The standard InChI is InChI=1S/C16H12BrNO2S/c17-12-7-13(21-9-12)8-18-16(20)14-5-10-3-1-2-4-11(10)6-15(14)19/h1-7,9,19H,8H2,(H,18,20). The number of nitrogens with one attached hydrogen (secondary N) is 1. The fourth-order valence-electron chi connectivity index (χ4n) is 2.12. The fourth-order valence-corrected chi connectivity index (χ4v) is 3.51. The van der Waals surface area contributed by atoms with Gasteiger partial charge in [0.05, 0.1) is 12.1 Å². The van der Waals surface area contributed by atoms with Crippen LogP contribution in [-0.4, -0.2) is 11.0 Å². The van der Waals surface area contributed by atoms with Crippen molar-refractivity contribution in [2.75, 3.05) is 0 Å². The maximum atomic E-state index is 12.2. The lowest BCUT2D eigenvalue weighted by molar-refractivity contribution is 0.0949. The third kappa shape index (κ3) is 3.09. The van der Waals surface area contributed by atoms with Crippen LogP contribution in [0.15, 0.2) is 52.3 Å². The van der Waals surface area contributed by atoms with Gasteiger partial charge in [-0.05, 0) is 44.9 Å². The van der Waals surface area contributed by atoms with Gasteiger partial charge in [-0.2, -0.15) is 0 Å². The van der Waals surface area contributed by atoms with Crippen molar-refractivity contribution in [1.82, 2.24) is 5.32 Å². The minimum Gasteiger partial charge on any atom is -0.507 e. The number of halogens is 1. The van der Waals surface area contributed by atoms with E-state index in [4.69, 9.17) is 0 Å². The molecule has 0 atom stereocenters. The summed E-state index contributed by atoms with van der Waals surface area (Å²) in [6, 6.07) is 12.9. The third-order valence-electron chi connectivity index (χ3n) is 3.15. The first-order chi connectivity index (χ1) is 10.1. The molecule has 3 rings (SSSR count). The van der Waals surface area contributed by atoms with Crippen molar-refractivity contribution in [3.63, 3.8) is 0 Å². The highest BCUT2D eigenvalue weighted by molar-refractivity contribution is 9.10. The van der Waals surface area contributed by atoms with Crippen LogP contribution in [0.3, 0.4) is 0 Å². The molecule has 106 valence electrons. The summed E-state index contributed by atoms with van der Waals surface area (Å²) < 4.78 is 1.00. The maximum Gasteiger partial charge on any atom is 0.255 e.